The van der Waals surface area contributed by atoms with Gasteiger partial charge in [-0.25, -0.2) is 4.18 Å². The van der Waals surface area contributed by atoms with Gasteiger partial charge >= 0.3 is 10.4 Å². The normalized spacial score (nSPS) is 16.0. The highest BCUT2D eigenvalue weighted by molar-refractivity contribution is 7.80. The quantitative estimate of drug-likeness (QED) is 0.169. The first kappa shape index (κ1) is 25.5. The fourth-order valence-electron chi connectivity index (χ4n) is 2.70. The molecule has 0 unspecified atom stereocenters. The number of hydrogen-bond donors (Lipinski definition) is 4. The average Bonchev–Trinajstić information content (AvgIpc) is 2.59. The Bertz CT molecular complexity index is 455. The van der Waals surface area contributed by atoms with E-state index in [0.29, 0.717) is 0 Å². The van der Waals surface area contributed by atoms with Crippen LogP contribution in [-0.4, -0.2) is 48.0 Å². The molecule has 0 fully saturated rings. The fraction of sp³-hybridized carbons (Fsp3) is 0.889. The standard InChI is InChI=1S/C18H37NO6S/c1-2-3-4-5-6-7-8-9-10-11-12-13-14-17(25-26(22,23)24)18(21)16(19)15-20/h12-13,16-18,20-21H,2-11,14-15,19H2,1H3,(H,22,23,24)/b13-12+/t16-,17+,18-/m0/s1. The predicted octanol–water partition coefficient (Wildman–Crippen LogP) is 2.72. The summed E-state index contributed by atoms with van der Waals surface area (Å²) in [5.41, 5.74) is 5.49. The van der Waals surface area contributed by atoms with E-state index in [-0.39, 0.29) is 6.42 Å². The van der Waals surface area contributed by atoms with Gasteiger partial charge < -0.3 is 15.9 Å². The molecule has 0 amide bonds. The molecule has 0 aliphatic rings. The van der Waals surface area contributed by atoms with E-state index in [1.165, 1.54) is 44.9 Å². The van der Waals surface area contributed by atoms with Crippen molar-refractivity contribution in [2.45, 2.75) is 95.8 Å². The van der Waals surface area contributed by atoms with Crippen molar-refractivity contribution in [1.82, 2.24) is 0 Å². The van der Waals surface area contributed by atoms with Crippen molar-refractivity contribution in [3.8, 4) is 0 Å². The van der Waals surface area contributed by atoms with Crippen LogP contribution < -0.4 is 5.73 Å². The summed E-state index contributed by atoms with van der Waals surface area (Å²) in [7, 11) is -4.71. The number of aliphatic hydroxyl groups is 2. The number of unbranched alkanes of at least 4 members (excludes halogenated alkanes) is 9. The Balaban J connectivity index is 3.98. The second kappa shape index (κ2) is 15.5. The van der Waals surface area contributed by atoms with Crippen LogP contribution in [0.15, 0.2) is 12.2 Å². The molecule has 0 aliphatic heterocycles. The van der Waals surface area contributed by atoms with Gasteiger partial charge in [0.25, 0.3) is 0 Å². The second-order valence-corrected chi connectivity index (χ2v) is 7.77. The lowest BCUT2D eigenvalue weighted by Crippen LogP contribution is -2.46. The molecule has 0 radical (unpaired) electrons. The summed E-state index contributed by atoms with van der Waals surface area (Å²) in [5, 5.41) is 18.9. The largest absolute Gasteiger partial charge is 0.397 e. The number of nitrogens with two attached hydrogens (primary N) is 1. The SMILES string of the molecule is CCCCCCCCCCC/C=C/C[C@@H](OS(=O)(=O)O)[C@@H](O)[C@@H](N)CO. The lowest BCUT2D eigenvalue weighted by atomic mass is 10.0. The Labute approximate surface area is 158 Å². The molecular formula is C18H37NO6S. The van der Waals surface area contributed by atoms with Crippen LogP contribution in [-0.2, 0) is 14.6 Å². The first-order chi connectivity index (χ1) is 12.3. The van der Waals surface area contributed by atoms with Gasteiger partial charge in [0.15, 0.2) is 0 Å². The van der Waals surface area contributed by atoms with E-state index in [9.17, 15) is 13.5 Å². The number of rotatable bonds is 17. The van der Waals surface area contributed by atoms with Gasteiger partial charge in [-0.15, -0.1) is 0 Å². The van der Waals surface area contributed by atoms with Gasteiger partial charge in [0, 0.05) is 0 Å². The van der Waals surface area contributed by atoms with Gasteiger partial charge in [0.2, 0.25) is 0 Å². The molecular weight excluding hydrogens is 358 g/mol. The molecule has 0 aromatic rings. The highest BCUT2D eigenvalue weighted by Crippen LogP contribution is 2.13. The summed E-state index contributed by atoms with van der Waals surface area (Å²) in [4.78, 5) is 0. The molecule has 0 saturated carbocycles. The summed E-state index contributed by atoms with van der Waals surface area (Å²) in [6, 6.07) is -1.05. The third-order valence-corrected chi connectivity index (χ3v) is 4.78. The first-order valence-corrected chi connectivity index (χ1v) is 11.0. The maximum Gasteiger partial charge on any atom is 0.397 e. The zero-order valence-electron chi connectivity index (χ0n) is 15.9. The Kier molecular flexibility index (Phi) is 15.2. The third-order valence-electron chi connectivity index (χ3n) is 4.29. The molecule has 156 valence electrons. The maximum atomic E-state index is 10.9. The van der Waals surface area contributed by atoms with Crippen molar-refractivity contribution in [3.63, 3.8) is 0 Å². The highest BCUT2D eigenvalue weighted by atomic mass is 32.3. The molecule has 5 N–H and O–H groups in total. The van der Waals surface area contributed by atoms with Gasteiger partial charge in [-0.2, -0.15) is 8.42 Å². The third kappa shape index (κ3) is 14.6. The van der Waals surface area contributed by atoms with Gasteiger partial charge in [-0.1, -0.05) is 70.4 Å². The zero-order chi connectivity index (χ0) is 19.8. The van der Waals surface area contributed by atoms with E-state index in [4.69, 9.17) is 15.4 Å². The number of allylic oxidation sites excluding steroid dienone is 1. The molecule has 26 heavy (non-hydrogen) atoms. The molecule has 0 aromatic carbocycles. The van der Waals surface area contributed by atoms with Crippen LogP contribution in [0.1, 0.15) is 77.6 Å². The Hall–Kier alpha value is -0.510. The van der Waals surface area contributed by atoms with Crippen LogP contribution in [0, 0.1) is 0 Å². The number of aliphatic hydroxyl groups excluding tert-OH is 2. The van der Waals surface area contributed by atoms with Crippen LogP contribution in [0.5, 0.6) is 0 Å². The highest BCUT2D eigenvalue weighted by Gasteiger charge is 2.28. The van der Waals surface area contributed by atoms with E-state index in [1.54, 1.807) is 6.08 Å². The van der Waals surface area contributed by atoms with Gasteiger partial charge in [-0.3, -0.25) is 4.55 Å². The van der Waals surface area contributed by atoms with Crippen molar-refractivity contribution in [1.29, 1.82) is 0 Å². The molecule has 0 heterocycles. The lowest BCUT2D eigenvalue weighted by molar-refractivity contribution is 0.00630. The molecule has 7 nitrogen and oxygen atoms in total. The monoisotopic (exact) mass is 395 g/mol. The molecule has 0 aromatic heterocycles. The molecule has 0 rings (SSSR count). The van der Waals surface area contributed by atoms with Crippen molar-refractivity contribution < 1.29 is 27.4 Å². The van der Waals surface area contributed by atoms with Crippen molar-refractivity contribution in [2.75, 3.05) is 6.61 Å². The number of hydrogen-bond acceptors (Lipinski definition) is 6. The van der Waals surface area contributed by atoms with Crippen LogP contribution in [0.2, 0.25) is 0 Å². The summed E-state index contributed by atoms with van der Waals surface area (Å²) < 4.78 is 35.0. The Morgan fingerprint density at radius 3 is 2.04 bits per heavy atom. The van der Waals surface area contributed by atoms with Gasteiger partial charge in [0.05, 0.1) is 18.8 Å². The van der Waals surface area contributed by atoms with Gasteiger partial charge in [0.1, 0.15) is 6.10 Å². The second-order valence-electron chi connectivity index (χ2n) is 6.72. The minimum atomic E-state index is -4.71. The fourth-order valence-corrected chi connectivity index (χ4v) is 3.20. The summed E-state index contributed by atoms with van der Waals surface area (Å²) in [5.74, 6) is 0. The van der Waals surface area contributed by atoms with Crippen molar-refractivity contribution in [2.24, 2.45) is 5.73 Å². The molecule has 0 spiro atoms. The molecule has 0 saturated heterocycles. The minimum absolute atomic E-state index is 0.0755. The van der Waals surface area contributed by atoms with Gasteiger partial charge in [-0.05, 0) is 19.3 Å². The Morgan fingerprint density at radius 1 is 1.00 bits per heavy atom. The summed E-state index contributed by atoms with van der Waals surface area (Å²) in [6.07, 6.45) is 13.1. The van der Waals surface area contributed by atoms with E-state index in [0.717, 1.165) is 19.3 Å². The topological polar surface area (TPSA) is 130 Å². The molecule has 0 aliphatic carbocycles. The maximum absolute atomic E-state index is 10.9. The van der Waals surface area contributed by atoms with E-state index in [1.807, 2.05) is 6.08 Å². The average molecular weight is 396 g/mol. The smallest absolute Gasteiger partial charge is 0.395 e. The minimum Gasteiger partial charge on any atom is -0.395 e. The zero-order valence-corrected chi connectivity index (χ0v) is 16.7. The van der Waals surface area contributed by atoms with Crippen LogP contribution >= 0.6 is 0 Å². The van der Waals surface area contributed by atoms with E-state index >= 15 is 0 Å². The van der Waals surface area contributed by atoms with Crippen molar-refractivity contribution >= 4 is 10.4 Å². The van der Waals surface area contributed by atoms with Crippen LogP contribution in [0.4, 0.5) is 0 Å². The van der Waals surface area contributed by atoms with E-state index < -0.39 is 35.3 Å². The molecule has 0 bridgehead atoms. The van der Waals surface area contributed by atoms with E-state index in [2.05, 4.69) is 11.1 Å². The lowest BCUT2D eigenvalue weighted by Gasteiger charge is -2.24. The van der Waals surface area contributed by atoms with Crippen LogP contribution in [0.3, 0.4) is 0 Å². The molecule has 8 heteroatoms. The van der Waals surface area contributed by atoms with Crippen LogP contribution in [0.25, 0.3) is 0 Å². The van der Waals surface area contributed by atoms with Crippen molar-refractivity contribution in [3.05, 3.63) is 12.2 Å². The molecule has 3 atom stereocenters. The first-order valence-electron chi connectivity index (χ1n) is 9.67. The predicted molar refractivity (Wildman–Crippen MR) is 103 cm³/mol. The summed E-state index contributed by atoms with van der Waals surface area (Å²) in [6.45, 7) is 1.70. The summed E-state index contributed by atoms with van der Waals surface area (Å²) >= 11 is 0. The Morgan fingerprint density at radius 2 is 1.54 bits per heavy atom.